The summed E-state index contributed by atoms with van der Waals surface area (Å²) in [4.78, 5) is 10.5. The van der Waals surface area contributed by atoms with Gasteiger partial charge in [-0.3, -0.25) is 4.79 Å². The highest BCUT2D eigenvalue weighted by atomic mass is 16.4. The second-order valence-corrected chi connectivity index (χ2v) is 5.67. The first-order chi connectivity index (χ1) is 10.6. The molecule has 0 amide bonds. The van der Waals surface area contributed by atoms with Gasteiger partial charge in [0.15, 0.2) is 0 Å². The van der Waals surface area contributed by atoms with E-state index < -0.39 is 5.97 Å². The van der Waals surface area contributed by atoms with Crippen LogP contribution in [0.1, 0.15) is 24.8 Å². The summed E-state index contributed by atoms with van der Waals surface area (Å²) < 4.78 is 0. The van der Waals surface area contributed by atoms with Crippen LogP contribution in [0.15, 0.2) is 48.5 Å². The molecule has 0 spiro atoms. The van der Waals surface area contributed by atoms with Crippen LogP contribution in [-0.2, 0) is 11.2 Å². The van der Waals surface area contributed by atoms with Crippen molar-refractivity contribution < 1.29 is 9.90 Å². The van der Waals surface area contributed by atoms with Crippen LogP contribution < -0.4 is 5.73 Å². The van der Waals surface area contributed by atoms with E-state index >= 15 is 0 Å². The Morgan fingerprint density at radius 1 is 0.955 bits per heavy atom. The van der Waals surface area contributed by atoms with Gasteiger partial charge < -0.3 is 10.8 Å². The summed E-state index contributed by atoms with van der Waals surface area (Å²) in [6.07, 6.45) is 2.71. The topological polar surface area (TPSA) is 63.3 Å². The number of aryl methyl sites for hydroxylation is 1. The van der Waals surface area contributed by atoms with Crippen LogP contribution in [0, 0.1) is 0 Å². The zero-order valence-electron chi connectivity index (χ0n) is 12.4. The Morgan fingerprint density at radius 2 is 1.73 bits per heavy atom. The molecule has 3 rings (SSSR count). The van der Waals surface area contributed by atoms with Crippen LogP contribution in [0.25, 0.3) is 21.5 Å². The molecule has 3 aromatic rings. The van der Waals surface area contributed by atoms with E-state index in [-0.39, 0.29) is 6.42 Å². The lowest BCUT2D eigenvalue weighted by atomic mass is 9.97. The third-order valence-corrected chi connectivity index (χ3v) is 4.08. The molecule has 3 nitrogen and oxygen atoms in total. The Bertz CT molecular complexity index is 839. The summed E-state index contributed by atoms with van der Waals surface area (Å²) in [5.41, 5.74) is 8.37. The summed E-state index contributed by atoms with van der Waals surface area (Å²) in [6.45, 7) is 0. The van der Waals surface area contributed by atoms with Crippen LogP contribution in [0.4, 0.5) is 5.69 Å². The monoisotopic (exact) mass is 293 g/mol. The van der Waals surface area contributed by atoms with Crippen molar-refractivity contribution in [2.75, 3.05) is 5.73 Å². The van der Waals surface area contributed by atoms with Crippen molar-refractivity contribution in [3.63, 3.8) is 0 Å². The van der Waals surface area contributed by atoms with Crippen LogP contribution in [0.2, 0.25) is 0 Å². The molecular formula is C19H19NO2. The van der Waals surface area contributed by atoms with Crippen LogP contribution >= 0.6 is 0 Å². The lowest BCUT2D eigenvalue weighted by molar-refractivity contribution is -0.137. The van der Waals surface area contributed by atoms with E-state index in [1.807, 2.05) is 18.2 Å². The van der Waals surface area contributed by atoms with Gasteiger partial charge >= 0.3 is 5.97 Å². The molecule has 0 atom stereocenters. The molecule has 3 N–H and O–H groups in total. The summed E-state index contributed by atoms with van der Waals surface area (Å²) in [6, 6.07) is 16.6. The molecule has 0 heterocycles. The molecule has 112 valence electrons. The van der Waals surface area contributed by atoms with Crippen LogP contribution in [0.5, 0.6) is 0 Å². The lowest BCUT2D eigenvalue weighted by Gasteiger charge is -2.09. The highest BCUT2D eigenvalue weighted by molar-refractivity contribution is 6.10. The lowest BCUT2D eigenvalue weighted by Crippen LogP contribution is -1.95. The SMILES string of the molecule is Nc1c2ccccc2cc2ccc(CCCCC(=O)O)cc12. The quantitative estimate of drug-likeness (QED) is 0.417. The second-order valence-electron chi connectivity index (χ2n) is 5.67. The molecule has 22 heavy (non-hydrogen) atoms. The number of nitrogens with two attached hydrogens (primary N) is 1. The van der Waals surface area contributed by atoms with Gasteiger partial charge in [0.1, 0.15) is 0 Å². The van der Waals surface area contributed by atoms with Gasteiger partial charge in [-0.05, 0) is 47.7 Å². The van der Waals surface area contributed by atoms with Gasteiger partial charge in [-0.1, -0.05) is 36.4 Å². The van der Waals surface area contributed by atoms with Crippen molar-refractivity contribution in [1.82, 2.24) is 0 Å². The number of unbranched alkanes of at least 4 members (excludes halogenated alkanes) is 1. The maximum Gasteiger partial charge on any atom is 0.303 e. The number of hydrogen-bond acceptors (Lipinski definition) is 2. The minimum atomic E-state index is -0.728. The standard InChI is InChI=1S/C19H19NO2/c20-19-16-7-3-2-6-14(16)12-15-10-9-13(11-17(15)19)5-1-4-8-18(21)22/h2-3,6-7,9-12H,1,4-5,8,20H2,(H,21,22). The maximum atomic E-state index is 10.5. The molecule has 0 fully saturated rings. The number of fused-ring (bicyclic) bond motifs is 2. The molecule has 0 aromatic heterocycles. The van der Waals surface area contributed by atoms with Crippen molar-refractivity contribution in [3.8, 4) is 0 Å². The number of rotatable bonds is 5. The minimum Gasteiger partial charge on any atom is -0.481 e. The second kappa shape index (κ2) is 6.06. The molecule has 0 aliphatic carbocycles. The number of benzene rings is 3. The number of anilines is 1. The Morgan fingerprint density at radius 3 is 2.55 bits per heavy atom. The van der Waals surface area contributed by atoms with E-state index in [0.29, 0.717) is 6.42 Å². The Hall–Kier alpha value is -2.55. The van der Waals surface area contributed by atoms with Crippen molar-refractivity contribution in [2.45, 2.75) is 25.7 Å². The molecule has 3 heteroatoms. The van der Waals surface area contributed by atoms with Crippen molar-refractivity contribution in [2.24, 2.45) is 0 Å². The molecular weight excluding hydrogens is 274 g/mol. The van der Waals surface area contributed by atoms with E-state index in [4.69, 9.17) is 10.8 Å². The average molecular weight is 293 g/mol. The number of hydrogen-bond donors (Lipinski definition) is 2. The predicted octanol–water partition coefficient (Wildman–Crippen LogP) is 4.37. The number of carbonyl (C=O) groups is 1. The van der Waals surface area contributed by atoms with Crippen LogP contribution in [0.3, 0.4) is 0 Å². The van der Waals surface area contributed by atoms with Gasteiger partial charge in [-0.25, -0.2) is 0 Å². The van der Waals surface area contributed by atoms with Gasteiger partial charge in [-0.2, -0.15) is 0 Å². The third kappa shape index (κ3) is 2.89. The fourth-order valence-electron chi connectivity index (χ4n) is 2.90. The van der Waals surface area contributed by atoms with Gasteiger partial charge in [-0.15, -0.1) is 0 Å². The van der Waals surface area contributed by atoms with Crippen LogP contribution in [-0.4, -0.2) is 11.1 Å². The fraction of sp³-hybridized carbons (Fsp3) is 0.211. The molecule has 0 saturated heterocycles. The summed E-state index contributed by atoms with van der Waals surface area (Å²) in [5, 5.41) is 13.1. The zero-order valence-corrected chi connectivity index (χ0v) is 12.4. The summed E-state index contributed by atoms with van der Waals surface area (Å²) >= 11 is 0. The van der Waals surface area contributed by atoms with Crippen molar-refractivity contribution in [3.05, 3.63) is 54.1 Å². The van der Waals surface area contributed by atoms with Gasteiger partial charge in [0.05, 0.1) is 0 Å². The molecule has 0 aliphatic heterocycles. The zero-order chi connectivity index (χ0) is 15.5. The summed E-state index contributed by atoms with van der Waals surface area (Å²) in [5.74, 6) is -0.728. The normalized spacial score (nSPS) is 11.1. The Kier molecular flexibility index (Phi) is 3.96. The van der Waals surface area contributed by atoms with Gasteiger partial charge in [0.25, 0.3) is 0 Å². The fourth-order valence-corrected chi connectivity index (χ4v) is 2.90. The number of carboxylic acid groups (broad SMARTS) is 1. The Labute approximate surface area is 129 Å². The first kappa shape index (κ1) is 14.4. The smallest absolute Gasteiger partial charge is 0.303 e. The first-order valence-electron chi connectivity index (χ1n) is 7.57. The predicted molar refractivity (Wildman–Crippen MR) is 91.1 cm³/mol. The van der Waals surface area contributed by atoms with E-state index in [1.54, 1.807) is 0 Å². The summed E-state index contributed by atoms with van der Waals surface area (Å²) in [7, 11) is 0. The highest BCUT2D eigenvalue weighted by Gasteiger charge is 2.06. The largest absolute Gasteiger partial charge is 0.481 e. The third-order valence-electron chi connectivity index (χ3n) is 4.08. The van der Waals surface area contributed by atoms with Crippen molar-refractivity contribution >= 4 is 33.2 Å². The van der Waals surface area contributed by atoms with Crippen molar-refractivity contribution in [1.29, 1.82) is 0 Å². The number of aliphatic carboxylic acids is 1. The van der Waals surface area contributed by atoms with E-state index in [0.717, 1.165) is 40.1 Å². The highest BCUT2D eigenvalue weighted by Crippen LogP contribution is 2.31. The molecule has 0 saturated carbocycles. The van der Waals surface area contributed by atoms with E-state index in [2.05, 4.69) is 30.3 Å². The minimum absolute atomic E-state index is 0.236. The molecule has 3 aromatic carbocycles. The van der Waals surface area contributed by atoms with E-state index in [1.165, 1.54) is 5.56 Å². The van der Waals surface area contributed by atoms with Gasteiger partial charge in [0.2, 0.25) is 0 Å². The van der Waals surface area contributed by atoms with E-state index in [9.17, 15) is 4.79 Å². The average Bonchev–Trinajstić information content (AvgIpc) is 2.52. The molecule has 0 aliphatic rings. The van der Waals surface area contributed by atoms with Gasteiger partial charge in [0, 0.05) is 22.9 Å². The maximum absolute atomic E-state index is 10.5. The number of nitrogen functional groups attached to an aromatic ring is 1. The molecule has 0 bridgehead atoms. The molecule has 0 unspecified atom stereocenters. The first-order valence-corrected chi connectivity index (χ1v) is 7.57. The number of carboxylic acids is 1. The Balaban J connectivity index is 1.90. The molecule has 0 radical (unpaired) electrons.